The van der Waals surface area contributed by atoms with Gasteiger partial charge in [0.25, 0.3) is 0 Å². The Kier molecular flexibility index (Phi) is 11.4. The molecule has 2 heterocycles. The van der Waals surface area contributed by atoms with Crippen molar-refractivity contribution in [2.24, 2.45) is 11.8 Å². The summed E-state index contributed by atoms with van der Waals surface area (Å²) >= 11 is 0. The maximum Gasteiger partial charge on any atom is 0.376 e. The highest BCUT2D eigenvalue weighted by atomic mass is 16.6. The van der Waals surface area contributed by atoms with Crippen molar-refractivity contribution in [3.05, 3.63) is 11.5 Å². The molecular weight excluding hydrogens is 484 g/mol. The number of hydrogen-bond donors (Lipinski definition) is 2. The molecule has 208 valence electrons. The molecule has 0 radical (unpaired) electrons. The van der Waals surface area contributed by atoms with Crippen LogP contribution < -0.4 is 10.6 Å². The maximum absolute atomic E-state index is 13.5. The molecule has 4 amide bonds. The van der Waals surface area contributed by atoms with Crippen LogP contribution in [0.4, 0.5) is 4.79 Å². The van der Waals surface area contributed by atoms with Crippen LogP contribution in [0.3, 0.4) is 0 Å². The second-order valence-electron chi connectivity index (χ2n) is 9.66. The third kappa shape index (κ3) is 8.17. The quantitative estimate of drug-likeness (QED) is 0.260. The van der Waals surface area contributed by atoms with Crippen molar-refractivity contribution in [1.82, 2.24) is 20.4 Å². The predicted octanol–water partition coefficient (Wildman–Crippen LogP) is 1.15. The summed E-state index contributed by atoms with van der Waals surface area (Å²) in [7, 11) is 0. The molecular formula is C25H40N4O8. The van der Waals surface area contributed by atoms with Gasteiger partial charge in [0.15, 0.2) is 0 Å². The van der Waals surface area contributed by atoms with Crippen molar-refractivity contribution in [1.29, 1.82) is 0 Å². The molecule has 1 unspecified atom stereocenters. The molecule has 12 heteroatoms. The van der Waals surface area contributed by atoms with Crippen molar-refractivity contribution in [3.63, 3.8) is 0 Å². The zero-order chi connectivity index (χ0) is 27.7. The number of carbonyl (C=O) groups excluding carboxylic acids is 5. The van der Waals surface area contributed by atoms with Gasteiger partial charge in [0, 0.05) is 26.6 Å². The number of hydrogen-bond acceptors (Lipinski definition) is 8. The number of amides is 4. The van der Waals surface area contributed by atoms with Gasteiger partial charge in [-0.3, -0.25) is 14.4 Å². The molecule has 2 atom stereocenters. The molecule has 2 aliphatic rings. The van der Waals surface area contributed by atoms with Crippen LogP contribution in [-0.4, -0.2) is 91.1 Å². The highest BCUT2D eigenvalue weighted by Gasteiger charge is 2.40. The molecule has 12 nitrogen and oxygen atoms in total. The Hall–Kier alpha value is -3.15. The van der Waals surface area contributed by atoms with Crippen LogP contribution in [0.2, 0.25) is 0 Å². The largest absolute Gasteiger partial charge is 0.460 e. The molecule has 0 aliphatic carbocycles. The number of likely N-dealkylation sites (tertiary alicyclic amines) is 1. The van der Waals surface area contributed by atoms with Gasteiger partial charge in [-0.1, -0.05) is 27.7 Å². The van der Waals surface area contributed by atoms with Crippen molar-refractivity contribution in [3.8, 4) is 0 Å². The number of nitrogens with zero attached hydrogens (tertiary/aromatic N) is 2. The maximum atomic E-state index is 13.5. The first kappa shape index (κ1) is 30.1. The Morgan fingerprint density at radius 3 is 2.22 bits per heavy atom. The van der Waals surface area contributed by atoms with E-state index in [4.69, 9.17) is 14.2 Å². The minimum Gasteiger partial charge on any atom is -0.460 e. The molecule has 2 N–H and O–H groups in total. The van der Waals surface area contributed by atoms with E-state index >= 15 is 0 Å². The van der Waals surface area contributed by atoms with E-state index in [1.54, 1.807) is 25.7 Å². The zero-order valence-electron chi connectivity index (χ0n) is 22.6. The topological polar surface area (TPSA) is 144 Å². The van der Waals surface area contributed by atoms with Crippen LogP contribution >= 0.6 is 0 Å². The third-order valence-corrected chi connectivity index (χ3v) is 6.13. The fraction of sp³-hybridized carbons (Fsp3) is 0.720. The van der Waals surface area contributed by atoms with Crippen molar-refractivity contribution in [2.45, 2.75) is 66.5 Å². The molecule has 2 fully saturated rings. The van der Waals surface area contributed by atoms with Gasteiger partial charge in [-0.25, -0.2) is 9.59 Å². The van der Waals surface area contributed by atoms with Crippen LogP contribution in [-0.2, 0) is 33.4 Å². The number of ether oxygens (including phenoxy) is 3. The summed E-state index contributed by atoms with van der Waals surface area (Å²) in [5.74, 6) is -3.46. The second kappa shape index (κ2) is 14.0. The summed E-state index contributed by atoms with van der Waals surface area (Å²) in [5, 5.41) is 5.54. The molecule has 0 aromatic heterocycles. The standard InChI is InChI=1S/C25H40N4O8/c1-7-36-24(33)21(37-17(6)30)19(15(2)3)26-22(31)18-9-8-10-29(18)23(32)20(16(4)5)27-25(34)28-11-13-35-14-12-28/h15-16,18,20H,7-14H2,1-6H3,(H,26,31)(H,27,34)/b21-19+/t18-,20?/m0/s1. The zero-order valence-corrected chi connectivity index (χ0v) is 22.6. The molecule has 37 heavy (non-hydrogen) atoms. The Balaban J connectivity index is 2.24. The molecule has 2 rings (SSSR count). The Morgan fingerprint density at radius 1 is 1.03 bits per heavy atom. The van der Waals surface area contributed by atoms with Crippen LogP contribution in [0.5, 0.6) is 0 Å². The van der Waals surface area contributed by atoms with E-state index in [9.17, 15) is 24.0 Å². The predicted molar refractivity (Wildman–Crippen MR) is 133 cm³/mol. The first-order valence-corrected chi connectivity index (χ1v) is 12.8. The number of esters is 2. The average Bonchev–Trinajstić information content (AvgIpc) is 3.34. The fourth-order valence-electron chi connectivity index (χ4n) is 4.21. The van der Waals surface area contributed by atoms with Gasteiger partial charge in [-0.05, 0) is 31.6 Å². The van der Waals surface area contributed by atoms with Gasteiger partial charge in [0.1, 0.15) is 12.1 Å². The summed E-state index contributed by atoms with van der Waals surface area (Å²) in [5.41, 5.74) is 0.0963. The van der Waals surface area contributed by atoms with E-state index in [-0.39, 0.29) is 35.9 Å². The first-order chi connectivity index (χ1) is 17.5. The van der Waals surface area contributed by atoms with Crippen LogP contribution in [0.15, 0.2) is 11.5 Å². The molecule has 0 aromatic carbocycles. The van der Waals surface area contributed by atoms with E-state index in [2.05, 4.69) is 10.6 Å². The van der Waals surface area contributed by atoms with Gasteiger partial charge in [0.2, 0.25) is 17.6 Å². The van der Waals surface area contributed by atoms with Crippen molar-refractivity contribution in [2.75, 3.05) is 39.5 Å². The normalized spacial score (nSPS) is 19.3. The number of nitrogens with one attached hydrogen (secondary N) is 2. The van der Waals surface area contributed by atoms with Gasteiger partial charge in [-0.2, -0.15) is 0 Å². The Labute approximate surface area is 218 Å². The van der Waals surface area contributed by atoms with Crippen molar-refractivity contribution < 1.29 is 38.2 Å². The lowest BCUT2D eigenvalue weighted by molar-refractivity contribution is -0.150. The minimum atomic E-state index is -0.869. The Morgan fingerprint density at radius 2 is 1.68 bits per heavy atom. The monoisotopic (exact) mass is 524 g/mol. The van der Waals surface area contributed by atoms with Crippen LogP contribution in [0.1, 0.15) is 54.4 Å². The number of carbonyl (C=O) groups is 5. The van der Waals surface area contributed by atoms with E-state index < -0.39 is 35.8 Å². The molecule has 0 bridgehead atoms. The summed E-state index contributed by atoms with van der Waals surface area (Å²) in [6, 6.07) is -1.98. The average molecular weight is 525 g/mol. The number of rotatable bonds is 9. The van der Waals surface area contributed by atoms with E-state index in [1.807, 2.05) is 13.8 Å². The summed E-state index contributed by atoms with van der Waals surface area (Å²) in [6.45, 7) is 12.0. The van der Waals surface area contributed by atoms with Crippen molar-refractivity contribution >= 4 is 29.8 Å². The summed E-state index contributed by atoms with van der Waals surface area (Å²) in [6.07, 6.45) is 1.01. The first-order valence-electron chi connectivity index (χ1n) is 12.8. The number of urea groups is 1. The van der Waals surface area contributed by atoms with Gasteiger partial charge in [-0.15, -0.1) is 0 Å². The van der Waals surface area contributed by atoms with Crippen LogP contribution in [0.25, 0.3) is 0 Å². The van der Waals surface area contributed by atoms with E-state index in [1.165, 1.54) is 4.90 Å². The van der Waals surface area contributed by atoms with E-state index in [0.717, 1.165) is 6.92 Å². The van der Waals surface area contributed by atoms with E-state index in [0.29, 0.717) is 45.7 Å². The SMILES string of the molecule is CCOC(=O)/C(OC(C)=O)=C(\NC(=O)[C@@H]1CCCN1C(=O)C(NC(=O)N1CCOCC1)C(C)C)C(C)C. The molecule has 2 aliphatic heterocycles. The highest BCUT2D eigenvalue weighted by molar-refractivity contribution is 5.95. The van der Waals surface area contributed by atoms with Gasteiger partial charge < -0.3 is 34.6 Å². The Bertz CT molecular complexity index is 895. The highest BCUT2D eigenvalue weighted by Crippen LogP contribution is 2.23. The smallest absolute Gasteiger partial charge is 0.376 e. The lowest BCUT2D eigenvalue weighted by atomic mass is 10.0. The minimum absolute atomic E-state index is 0.0561. The van der Waals surface area contributed by atoms with Crippen LogP contribution in [0, 0.1) is 11.8 Å². The molecule has 2 saturated heterocycles. The molecule has 0 spiro atoms. The fourth-order valence-corrected chi connectivity index (χ4v) is 4.21. The second-order valence-corrected chi connectivity index (χ2v) is 9.66. The molecule has 0 saturated carbocycles. The lowest BCUT2D eigenvalue weighted by Gasteiger charge is -2.33. The number of morpholine rings is 1. The summed E-state index contributed by atoms with van der Waals surface area (Å²) in [4.78, 5) is 66.9. The van der Waals surface area contributed by atoms with Gasteiger partial charge in [0.05, 0.1) is 25.5 Å². The number of allylic oxidation sites excluding steroid dienone is 1. The molecule has 0 aromatic rings. The van der Waals surface area contributed by atoms with Gasteiger partial charge >= 0.3 is 18.0 Å². The lowest BCUT2D eigenvalue weighted by Crippen LogP contribution is -2.58. The summed E-state index contributed by atoms with van der Waals surface area (Å²) < 4.78 is 15.4. The third-order valence-electron chi connectivity index (χ3n) is 6.13.